The highest BCUT2D eigenvalue weighted by atomic mass is 19.1. The lowest BCUT2D eigenvalue weighted by Crippen LogP contribution is -2.49. The fraction of sp³-hybridized carbons (Fsp3) is 0.409. The molecule has 2 aliphatic rings. The highest BCUT2D eigenvalue weighted by Crippen LogP contribution is 2.26. The van der Waals surface area contributed by atoms with Gasteiger partial charge in [0, 0.05) is 32.4 Å². The normalized spacial score (nSPS) is 19.0. The maximum atomic E-state index is 14.8. The van der Waals surface area contributed by atoms with Crippen molar-refractivity contribution in [3.8, 4) is 0 Å². The number of halogens is 1. The molecule has 1 atom stereocenters. The molecule has 0 spiro atoms. The standard InChI is InChI=1S/C22H25FN4O4/c1-14-9-15(2)20(24-11-14)25-5-7-26(8-6-25)21(29)18-4-3-16(10-19(18)23)27-17(12-28)13-31-22(27)30/h3-4,9-11,17,28H,5-8,12-13H2,1-2H3. The molecule has 2 saturated heterocycles. The number of ether oxygens (including phenoxy) is 1. The number of aromatic nitrogens is 1. The Labute approximate surface area is 179 Å². The summed E-state index contributed by atoms with van der Waals surface area (Å²) in [5.74, 6) is -0.193. The van der Waals surface area contributed by atoms with Crippen LogP contribution in [0.2, 0.25) is 0 Å². The fourth-order valence-corrected chi connectivity index (χ4v) is 4.07. The first-order valence-electron chi connectivity index (χ1n) is 10.2. The minimum atomic E-state index is -0.711. The Bertz CT molecular complexity index is 1010. The Kier molecular flexibility index (Phi) is 5.77. The molecular weight excluding hydrogens is 403 g/mol. The molecule has 2 fully saturated rings. The number of carbonyl (C=O) groups excluding carboxylic acids is 2. The molecule has 2 amide bonds. The second-order valence-electron chi connectivity index (χ2n) is 7.88. The van der Waals surface area contributed by atoms with Crippen LogP contribution in [-0.4, -0.2) is 72.4 Å². The van der Waals surface area contributed by atoms with Crippen LogP contribution in [0.5, 0.6) is 0 Å². The number of piperazine rings is 1. The maximum Gasteiger partial charge on any atom is 0.414 e. The first kappa shape index (κ1) is 21.0. The number of rotatable bonds is 4. The van der Waals surface area contributed by atoms with E-state index < -0.39 is 18.0 Å². The molecule has 3 heterocycles. The number of aliphatic hydroxyl groups excluding tert-OH is 1. The summed E-state index contributed by atoms with van der Waals surface area (Å²) in [6.07, 6.45) is 1.18. The number of anilines is 2. The summed E-state index contributed by atoms with van der Waals surface area (Å²) in [5, 5.41) is 9.40. The highest BCUT2D eigenvalue weighted by Gasteiger charge is 2.34. The van der Waals surface area contributed by atoms with E-state index in [1.807, 2.05) is 20.0 Å². The summed E-state index contributed by atoms with van der Waals surface area (Å²) < 4.78 is 19.7. The zero-order chi connectivity index (χ0) is 22.1. The van der Waals surface area contributed by atoms with Crippen LogP contribution in [0.25, 0.3) is 0 Å². The van der Waals surface area contributed by atoms with Crippen LogP contribution in [0.3, 0.4) is 0 Å². The van der Waals surface area contributed by atoms with Gasteiger partial charge in [-0.25, -0.2) is 14.2 Å². The topological polar surface area (TPSA) is 86.2 Å². The van der Waals surface area contributed by atoms with E-state index in [2.05, 4.69) is 16.0 Å². The number of hydrogen-bond acceptors (Lipinski definition) is 6. The van der Waals surface area contributed by atoms with Crippen LogP contribution >= 0.6 is 0 Å². The third-order valence-electron chi connectivity index (χ3n) is 5.69. The molecule has 2 aromatic rings. The summed E-state index contributed by atoms with van der Waals surface area (Å²) >= 11 is 0. The summed E-state index contributed by atoms with van der Waals surface area (Å²) in [6, 6.07) is 5.53. The Morgan fingerprint density at radius 1 is 1.23 bits per heavy atom. The smallest absolute Gasteiger partial charge is 0.414 e. The number of amides is 2. The first-order chi connectivity index (χ1) is 14.9. The second-order valence-corrected chi connectivity index (χ2v) is 7.88. The van der Waals surface area contributed by atoms with Crippen LogP contribution in [0.15, 0.2) is 30.5 Å². The van der Waals surface area contributed by atoms with Gasteiger partial charge in [-0.15, -0.1) is 0 Å². The van der Waals surface area contributed by atoms with Crippen LogP contribution < -0.4 is 9.80 Å². The zero-order valence-corrected chi connectivity index (χ0v) is 17.5. The van der Waals surface area contributed by atoms with Crippen LogP contribution in [0.4, 0.5) is 20.7 Å². The van der Waals surface area contributed by atoms with Crippen LogP contribution in [0, 0.1) is 19.7 Å². The monoisotopic (exact) mass is 428 g/mol. The van der Waals surface area contributed by atoms with Crippen molar-refractivity contribution in [3.63, 3.8) is 0 Å². The van der Waals surface area contributed by atoms with Crippen molar-refractivity contribution in [3.05, 3.63) is 53.0 Å². The molecule has 1 unspecified atom stereocenters. The van der Waals surface area contributed by atoms with E-state index in [9.17, 15) is 19.1 Å². The van der Waals surface area contributed by atoms with E-state index in [1.165, 1.54) is 17.0 Å². The van der Waals surface area contributed by atoms with Gasteiger partial charge in [-0.3, -0.25) is 9.69 Å². The number of aryl methyl sites for hydroxylation is 2. The molecule has 31 heavy (non-hydrogen) atoms. The van der Waals surface area contributed by atoms with Crippen molar-refractivity contribution in [1.29, 1.82) is 0 Å². The number of pyridine rings is 1. The van der Waals surface area contributed by atoms with E-state index in [-0.39, 0.29) is 30.4 Å². The molecular formula is C22H25FN4O4. The molecule has 164 valence electrons. The van der Waals surface area contributed by atoms with Crippen molar-refractivity contribution in [2.75, 3.05) is 49.2 Å². The van der Waals surface area contributed by atoms with Crippen molar-refractivity contribution in [2.24, 2.45) is 0 Å². The van der Waals surface area contributed by atoms with Gasteiger partial charge in [0.25, 0.3) is 5.91 Å². The van der Waals surface area contributed by atoms with Crippen LogP contribution in [0.1, 0.15) is 21.5 Å². The van der Waals surface area contributed by atoms with Gasteiger partial charge in [0.2, 0.25) is 0 Å². The minimum Gasteiger partial charge on any atom is -0.447 e. The molecule has 8 nitrogen and oxygen atoms in total. The summed E-state index contributed by atoms with van der Waals surface area (Å²) in [7, 11) is 0. The number of cyclic esters (lactones) is 1. The van der Waals surface area contributed by atoms with Gasteiger partial charge in [0.15, 0.2) is 0 Å². The Balaban J connectivity index is 1.45. The third-order valence-corrected chi connectivity index (χ3v) is 5.69. The minimum absolute atomic E-state index is 0.0389. The molecule has 0 aliphatic carbocycles. The molecule has 1 N–H and O–H groups in total. The molecule has 1 aromatic heterocycles. The van der Waals surface area contributed by atoms with E-state index in [1.54, 1.807) is 4.90 Å². The largest absolute Gasteiger partial charge is 0.447 e. The Morgan fingerprint density at radius 2 is 1.97 bits per heavy atom. The average molecular weight is 428 g/mol. The predicted octanol–water partition coefficient (Wildman–Crippen LogP) is 2.12. The third kappa shape index (κ3) is 4.05. The molecule has 2 aliphatic heterocycles. The quantitative estimate of drug-likeness (QED) is 0.803. The Hall–Kier alpha value is -3.20. The molecule has 9 heteroatoms. The lowest BCUT2D eigenvalue weighted by Gasteiger charge is -2.36. The number of carbonyl (C=O) groups is 2. The predicted molar refractivity (Wildman–Crippen MR) is 113 cm³/mol. The summed E-state index contributed by atoms with van der Waals surface area (Å²) in [6.45, 7) is 5.89. The molecule has 1 aromatic carbocycles. The number of benzene rings is 1. The van der Waals surface area contributed by atoms with E-state index >= 15 is 0 Å². The maximum absolute atomic E-state index is 14.8. The molecule has 0 bridgehead atoms. The van der Waals surface area contributed by atoms with Crippen molar-refractivity contribution in [1.82, 2.24) is 9.88 Å². The van der Waals surface area contributed by atoms with Gasteiger partial charge in [-0.05, 0) is 43.2 Å². The second kappa shape index (κ2) is 8.50. The Morgan fingerprint density at radius 3 is 2.61 bits per heavy atom. The van der Waals surface area contributed by atoms with E-state index in [0.29, 0.717) is 26.2 Å². The van der Waals surface area contributed by atoms with Gasteiger partial charge in [-0.2, -0.15) is 0 Å². The van der Waals surface area contributed by atoms with Crippen molar-refractivity contribution in [2.45, 2.75) is 19.9 Å². The highest BCUT2D eigenvalue weighted by molar-refractivity contribution is 5.96. The summed E-state index contributed by atoms with van der Waals surface area (Å²) in [4.78, 5) is 34.3. The lowest BCUT2D eigenvalue weighted by molar-refractivity contribution is 0.0741. The van der Waals surface area contributed by atoms with Gasteiger partial charge in [0.1, 0.15) is 18.2 Å². The van der Waals surface area contributed by atoms with Crippen molar-refractivity contribution >= 4 is 23.5 Å². The number of nitrogens with zero attached hydrogens (tertiary/aromatic N) is 4. The van der Waals surface area contributed by atoms with E-state index in [4.69, 9.17) is 4.74 Å². The van der Waals surface area contributed by atoms with Crippen molar-refractivity contribution < 1.29 is 23.8 Å². The van der Waals surface area contributed by atoms with E-state index in [0.717, 1.165) is 23.0 Å². The summed E-state index contributed by atoms with van der Waals surface area (Å²) in [5.41, 5.74) is 2.39. The van der Waals surface area contributed by atoms with Gasteiger partial charge >= 0.3 is 6.09 Å². The number of hydrogen-bond donors (Lipinski definition) is 1. The van der Waals surface area contributed by atoms with Gasteiger partial charge < -0.3 is 19.6 Å². The van der Waals surface area contributed by atoms with Gasteiger partial charge in [0.05, 0.1) is 23.9 Å². The SMILES string of the molecule is Cc1cnc(N2CCN(C(=O)c3ccc(N4C(=O)OCC4CO)cc3F)CC2)c(C)c1. The fourth-order valence-electron chi connectivity index (χ4n) is 4.07. The number of aliphatic hydroxyl groups is 1. The first-order valence-corrected chi connectivity index (χ1v) is 10.2. The molecule has 4 rings (SSSR count). The average Bonchev–Trinajstić information content (AvgIpc) is 3.14. The molecule has 0 saturated carbocycles. The zero-order valence-electron chi connectivity index (χ0n) is 17.5. The van der Waals surface area contributed by atoms with Crippen LogP contribution in [-0.2, 0) is 4.74 Å². The molecule has 0 radical (unpaired) electrons. The lowest BCUT2D eigenvalue weighted by atomic mass is 10.1. The van der Waals surface area contributed by atoms with Gasteiger partial charge in [-0.1, -0.05) is 6.07 Å².